The van der Waals surface area contributed by atoms with E-state index in [0.717, 1.165) is 42.7 Å². The normalized spacial score (nSPS) is 19.8. The van der Waals surface area contributed by atoms with Crippen LogP contribution < -0.4 is 10.1 Å². The van der Waals surface area contributed by atoms with Crippen LogP contribution >= 0.6 is 0 Å². The third-order valence-electron chi connectivity index (χ3n) is 8.56. The molecule has 2 aromatic carbocycles. The molecule has 2 aromatic heterocycles. The predicted molar refractivity (Wildman–Crippen MR) is 154 cm³/mol. The number of ether oxygens (including phenoxy) is 1. The van der Waals surface area contributed by atoms with Crippen molar-refractivity contribution in [1.29, 1.82) is 0 Å². The number of benzene rings is 2. The fourth-order valence-corrected chi connectivity index (χ4v) is 6.17. The summed E-state index contributed by atoms with van der Waals surface area (Å²) in [5.41, 5.74) is 1.89. The minimum Gasteiger partial charge on any atom is -0.491 e. The largest absolute Gasteiger partial charge is 0.491 e. The quantitative estimate of drug-likeness (QED) is 0.356. The molecule has 7 heteroatoms. The number of rotatable bonds is 3. The van der Waals surface area contributed by atoms with Crippen molar-refractivity contribution >= 4 is 22.7 Å². The Morgan fingerprint density at radius 2 is 1.77 bits per heavy atom. The van der Waals surface area contributed by atoms with Gasteiger partial charge in [-0.05, 0) is 80.3 Å². The molecule has 0 saturated carbocycles. The summed E-state index contributed by atoms with van der Waals surface area (Å²) in [6.45, 7) is 4.07. The van der Waals surface area contributed by atoms with Crippen LogP contribution in [-0.4, -0.2) is 47.0 Å². The third-order valence-corrected chi connectivity index (χ3v) is 8.56. The Kier molecular flexibility index (Phi) is 7.37. The molecule has 2 aliphatic heterocycles. The van der Waals surface area contributed by atoms with Crippen molar-refractivity contribution in [3.63, 3.8) is 0 Å². The molecule has 2 amide bonds. The number of amides is 2. The van der Waals surface area contributed by atoms with E-state index in [4.69, 9.17) is 9.15 Å². The van der Waals surface area contributed by atoms with Crippen LogP contribution in [0.1, 0.15) is 60.9 Å². The molecular weight excluding hydrogens is 502 g/mol. The van der Waals surface area contributed by atoms with Gasteiger partial charge in [0.1, 0.15) is 18.1 Å². The number of carbonyl (C=O) groups excluding carboxylic acids is 2. The molecule has 6 rings (SSSR count). The zero-order valence-corrected chi connectivity index (χ0v) is 23.1. The van der Waals surface area contributed by atoms with Gasteiger partial charge in [-0.3, -0.25) is 9.59 Å². The maximum Gasteiger partial charge on any atom is 0.289 e. The first-order chi connectivity index (χ1) is 19.5. The predicted octanol–water partition coefficient (Wildman–Crippen LogP) is 5.82. The van der Waals surface area contributed by atoms with Gasteiger partial charge in [-0.1, -0.05) is 42.8 Å². The minimum atomic E-state index is -0.465. The Bertz CT molecular complexity index is 1490. The highest BCUT2D eigenvalue weighted by molar-refractivity contribution is 5.92. The van der Waals surface area contributed by atoms with E-state index in [1.54, 1.807) is 6.07 Å². The highest BCUT2D eigenvalue weighted by Gasteiger charge is 2.42. The molecule has 0 bridgehead atoms. The molecule has 1 atom stereocenters. The molecular formula is C33H37N3O4. The van der Waals surface area contributed by atoms with Gasteiger partial charge in [0.15, 0.2) is 5.76 Å². The van der Waals surface area contributed by atoms with Gasteiger partial charge in [0.05, 0.1) is 18.0 Å². The van der Waals surface area contributed by atoms with Crippen molar-refractivity contribution in [1.82, 2.24) is 14.8 Å². The third kappa shape index (κ3) is 5.37. The van der Waals surface area contributed by atoms with Crippen LogP contribution in [0.4, 0.5) is 0 Å². The van der Waals surface area contributed by atoms with Crippen LogP contribution in [0.3, 0.4) is 0 Å². The van der Waals surface area contributed by atoms with E-state index in [1.807, 2.05) is 48.4 Å². The standard InChI is InChI=1S/C33H37N3O4/c1-24-23-39-29-12-5-3-9-26(29)10-6-7-16-33(32(38)34-24)17-20-35(21-18-33)31(37)30-14-13-27(40-30)22-36-19-15-25-8-2-4-11-28(25)36/h2-5,8-9,11-15,19,24H,6-7,10,16-18,20-23H2,1H3,(H,34,38)/t24-/m0/s1. The second-order valence-electron chi connectivity index (χ2n) is 11.3. The second-order valence-corrected chi connectivity index (χ2v) is 11.3. The number of hydrogen-bond donors (Lipinski definition) is 1. The molecule has 4 aromatic rings. The lowest BCUT2D eigenvalue weighted by atomic mass is 9.73. The average molecular weight is 540 g/mol. The lowest BCUT2D eigenvalue weighted by molar-refractivity contribution is -0.135. The summed E-state index contributed by atoms with van der Waals surface area (Å²) >= 11 is 0. The number of carbonyl (C=O) groups is 2. The van der Waals surface area contributed by atoms with Gasteiger partial charge < -0.3 is 23.9 Å². The van der Waals surface area contributed by atoms with Crippen LogP contribution in [0.2, 0.25) is 0 Å². The van der Waals surface area contributed by atoms with Gasteiger partial charge in [-0.15, -0.1) is 0 Å². The van der Waals surface area contributed by atoms with Crippen LogP contribution in [0.15, 0.2) is 77.3 Å². The Morgan fingerprint density at radius 1 is 0.975 bits per heavy atom. The van der Waals surface area contributed by atoms with E-state index in [0.29, 0.717) is 44.8 Å². The Hall–Kier alpha value is -4.00. The number of aryl methyl sites for hydroxylation is 1. The number of fused-ring (bicyclic) bond motifs is 2. The van der Waals surface area contributed by atoms with Crippen molar-refractivity contribution in [2.75, 3.05) is 19.7 Å². The first-order valence-corrected chi connectivity index (χ1v) is 14.4. The number of hydrogen-bond acceptors (Lipinski definition) is 4. The molecule has 7 nitrogen and oxygen atoms in total. The van der Waals surface area contributed by atoms with Crippen LogP contribution in [-0.2, 0) is 17.8 Å². The minimum absolute atomic E-state index is 0.0868. The van der Waals surface area contributed by atoms with Gasteiger partial charge >= 0.3 is 0 Å². The Labute approximate surface area is 235 Å². The average Bonchev–Trinajstić information content (AvgIpc) is 3.62. The van der Waals surface area contributed by atoms with Crippen molar-refractivity contribution in [3.8, 4) is 5.75 Å². The van der Waals surface area contributed by atoms with E-state index in [1.165, 1.54) is 10.9 Å². The molecule has 208 valence electrons. The van der Waals surface area contributed by atoms with Crippen LogP contribution in [0.5, 0.6) is 5.75 Å². The van der Waals surface area contributed by atoms with Gasteiger partial charge in [-0.2, -0.15) is 0 Å². The van der Waals surface area contributed by atoms with Crippen molar-refractivity contribution < 1.29 is 18.7 Å². The fraction of sp³-hybridized carbons (Fsp3) is 0.394. The zero-order chi connectivity index (χ0) is 27.5. The highest BCUT2D eigenvalue weighted by atomic mass is 16.5. The van der Waals surface area contributed by atoms with E-state index >= 15 is 0 Å². The van der Waals surface area contributed by atoms with E-state index in [2.05, 4.69) is 40.2 Å². The maximum absolute atomic E-state index is 13.6. The molecule has 0 unspecified atom stereocenters. The Balaban J connectivity index is 1.10. The number of nitrogens with one attached hydrogen (secondary N) is 1. The maximum atomic E-state index is 13.6. The zero-order valence-electron chi connectivity index (χ0n) is 23.1. The van der Waals surface area contributed by atoms with Crippen molar-refractivity contribution in [3.05, 3.63) is 90.0 Å². The lowest BCUT2D eigenvalue weighted by Crippen LogP contribution is -2.52. The van der Waals surface area contributed by atoms with Gasteiger partial charge in [0, 0.05) is 24.8 Å². The molecule has 0 radical (unpaired) electrons. The number of nitrogens with zero attached hydrogens (tertiary/aromatic N) is 2. The van der Waals surface area contributed by atoms with E-state index in [-0.39, 0.29) is 17.9 Å². The summed E-state index contributed by atoms with van der Waals surface area (Å²) in [6, 6.07) is 22.0. The number of aromatic nitrogens is 1. The van der Waals surface area contributed by atoms with Gasteiger partial charge in [-0.25, -0.2) is 0 Å². The molecule has 1 spiro atoms. The number of para-hydroxylation sites is 2. The molecule has 0 aliphatic carbocycles. The molecule has 40 heavy (non-hydrogen) atoms. The molecule has 2 aliphatic rings. The fourth-order valence-electron chi connectivity index (χ4n) is 6.17. The van der Waals surface area contributed by atoms with E-state index in [9.17, 15) is 9.59 Å². The van der Waals surface area contributed by atoms with Crippen molar-refractivity contribution in [2.45, 2.75) is 58.0 Å². The molecule has 1 N–H and O–H groups in total. The van der Waals surface area contributed by atoms with Gasteiger partial charge in [0.2, 0.25) is 5.91 Å². The van der Waals surface area contributed by atoms with Gasteiger partial charge in [0.25, 0.3) is 5.91 Å². The molecule has 1 saturated heterocycles. The Morgan fingerprint density at radius 3 is 2.65 bits per heavy atom. The summed E-state index contributed by atoms with van der Waals surface area (Å²) in [6.07, 6.45) is 7.06. The second kappa shape index (κ2) is 11.2. The first-order valence-electron chi connectivity index (χ1n) is 14.4. The van der Waals surface area contributed by atoms with Crippen molar-refractivity contribution in [2.24, 2.45) is 5.41 Å². The topological polar surface area (TPSA) is 76.7 Å². The number of piperidine rings is 1. The smallest absolute Gasteiger partial charge is 0.289 e. The molecule has 1 fully saturated rings. The van der Waals surface area contributed by atoms with Crippen LogP contribution in [0, 0.1) is 5.41 Å². The highest BCUT2D eigenvalue weighted by Crippen LogP contribution is 2.38. The summed E-state index contributed by atoms with van der Waals surface area (Å²) < 4.78 is 14.2. The summed E-state index contributed by atoms with van der Waals surface area (Å²) in [4.78, 5) is 28.8. The lowest BCUT2D eigenvalue weighted by Gasteiger charge is -2.41. The summed E-state index contributed by atoms with van der Waals surface area (Å²) in [5, 5.41) is 4.39. The number of likely N-dealkylation sites (tertiary alicyclic amines) is 1. The number of furan rings is 1. The first kappa shape index (κ1) is 26.2. The summed E-state index contributed by atoms with van der Waals surface area (Å²) in [7, 11) is 0. The monoisotopic (exact) mass is 539 g/mol. The van der Waals surface area contributed by atoms with E-state index < -0.39 is 5.41 Å². The SMILES string of the molecule is C[C@H]1COc2ccccc2CCCCC2(CCN(C(=O)c3ccc(Cn4ccc5ccccc54)o3)CC2)C(=O)N1. The summed E-state index contributed by atoms with van der Waals surface area (Å²) in [5.74, 6) is 1.99. The van der Waals surface area contributed by atoms with Crippen LogP contribution in [0.25, 0.3) is 10.9 Å². The molecule has 4 heterocycles.